The summed E-state index contributed by atoms with van der Waals surface area (Å²) in [6.45, 7) is 2.82. The highest BCUT2D eigenvalue weighted by Gasteiger charge is 2.09. The molecule has 21 heavy (non-hydrogen) atoms. The highest BCUT2D eigenvalue weighted by atomic mass is 35.5. The Morgan fingerprint density at radius 2 is 1.95 bits per heavy atom. The second kappa shape index (κ2) is 6.78. The molecule has 0 unspecified atom stereocenters. The fraction of sp³-hybridized carbons (Fsp3) is 0.125. The minimum Gasteiger partial charge on any atom is -0.385 e. The van der Waals surface area contributed by atoms with E-state index in [2.05, 4.69) is 10.6 Å². The summed E-state index contributed by atoms with van der Waals surface area (Å²) < 4.78 is 0. The second-order valence-electron chi connectivity index (χ2n) is 4.36. The van der Waals surface area contributed by atoms with Gasteiger partial charge >= 0.3 is 0 Å². The number of nitriles is 1. The number of halogens is 1. The SMILES string of the molecule is CCNc1ccc(C(=O)Nc2cc(Cl)ccc2C#N)cc1. The van der Waals surface area contributed by atoms with E-state index in [0.717, 1.165) is 12.2 Å². The van der Waals surface area contributed by atoms with Crippen molar-refractivity contribution in [2.24, 2.45) is 0 Å². The lowest BCUT2D eigenvalue weighted by Crippen LogP contribution is -2.13. The van der Waals surface area contributed by atoms with E-state index in [9.17, 15) is 4.79 Å². The van der Waals surface area contributed by atoms with Crippen LogP contribution in [0.3, 0.4) is 0 Å². The molecule has 0 spiro atoms. The Morgan fingerprint density at radius 1 is 1.24 bits per heavy atom. The van der Waals surface area contributed by atoms with E-state index < -0.39 is 0 Å². The third kappa shape index (κ3) is 3.74. The van der Waals surface area contributed by atoms with Crippen molar-refractivity contribution >= 4 is 28.9 Å². The minimum absolute atomic E-state index is 0.281. The highest BCUT2D eigenvalue weighted by molar-refractivity contribution is 6.31. The molecule has 2 N–H and O–H groups in total. The molecule has 0 heterocycles. The molecule has 0 aliphatic heterocycles. The van der Waals surface area contributed by atoms with Gasteiger partial charge in [0, 0.05) is 22.8 Å². The number of hydrogen-bond acceptors (Lipinski definition) is 3. The molecule has 1 amide bonds. The van der Waals surface area contributed by atoms with Crippen molar-refractivity contribution in [3.05, 3.63) is 58.6 Å². The first-order valence-corrected chi connectivity index (χ1v) is 6.86. The van der Waals surface area contributed by atoms with Gasteiger partial charge in [0.1, 0.15) is 6.07 Å². The lowest BCUT2D eigenvalue weighted by molar-refractivity contribution is 0.102. The van der Waals surface area contributed by atoms with Crippen LogP contribution in [-0.4, -0.2) is 12.5 Å². The molecule has 0 aliphatic rings. The van der Waals surface area contributed by atoms with Crippen LogP contribution in [0.25, 0.3) is 0 Å². The van der Waals surface area contributed by atoms with Crippen LogP contribution in [0.15, 0.2) is 42.5 Å². The second-order valence-corrected chi connectivity index (χ2v) is 4.80. The lowest BCUT2D eigenvalue weighted by Gasteiger charge is -2.08. The van der Waals surface area contributed by atoms with Crippen molar-refractivity contribution in [2.75, 3.05) is 17.2 Å². The number of hydrogen-bond donors (Lipinski definition) is 2. The molecule has 0 saturated heterocycles. The van der Waals surface area contributed by atoms with Crippen LogP contribution < -0.4 is 10.6 Å². The number of nitrogens with one attached hydrogen (secondary N) is 2. The average Bonchev–Trinajstić information content (AvgIpc) is 2.48. The first-order chi connectivity index (χ1) is 10.1. The Bertz CT molecular complexity index is 690. The molecular weight excluding hydrogens is 286 g/mol. The molecule has 2 aromatic rings. The number of carbonyl (C=O) groups excluding carboxylic acids is 1. The van der Waals surface area contributed by atoms with Crippen molar-refractivity contribution < 1.29 is 4.79 Å². The zero-order valence-electron chi connectivity index (χ0n) is 11.5. The van der Waals surface area contributed by atoms with E-state index in [0.29, 0.717) is 21.8 Å². The van der Waals surface area contributed by atoms with E-state index >= 15 is 0 Å². The fourth-order valence-corrected chi connectivity index (χ4v) is 2.03. The molecule has 5 heteroatoms. The number of benzene rings is 2. The smallest absolute Gasteiger partial charge is 0.255 e. The zero-order chi connectivity index (χ0) is 15.2. The normalized spacial score (nSPS) is 9.76. The molecule has 2 rings (SSSR count). The average molecular weight is 300 g/mol. The maximum absolute atomic E-state index is 12.2. The van der Waals surface area contributed by atoms with Gasteiger partial charge in [0.2, 0.25) is 0 Å². The van der Waals surface area contributed by atoms with Gasteiger partial charge in [-0.1, -0.05) is 11.6 Å². The summed E-state index contributed by atoms with van der Waals surface area (Å²) >= 11 is 5.89. The Balaban J connectivity index is 2.18. The number of anilines is 2. The number of rotatable bonds is 4. The molecule has 0 radical (unpaired) electrons. The molecule has 2 aromatic carbocycles. The largest absolute Gasteiger partial charge is 0.385 e. The summed E-state index contributed by atoms with van der Waals surface area (Å²) in [5.74, 6) is -0.281. The van der Waals surface area contributed by atoms with Gasteiger partial charge < -0.3 is 10.6 Å². The van der Waals surface area contributed by atoms with E-state index in [-0.39, 0.29) is 5.91 Å². The van der Waals surface area contributed by atoms with Crippen molar-refractivity contribution in [2.45, 2.75) is 6.92 Å². The predicted molar refractivity (Wildman–Crippen MR) is 84.7 cm³/mol. The van der Waals surface area contributed by atoms with Crippen LogP contribution >= 0.6 is 11.6 Å². The first kappa shape index (κ1) is 14.9. The molecule has 4 nitrogen and oxygen atoms in total. The van der Waals surface area contributed by atoms with Crippen molar-refractivity contribution in [3.8, 4) is 6.07 Å². The first-order valence-electron chi connectivity index (χ1n) is 6.49. The van der Waals surface area contributed by atoms with Gasteiger partial charge in [-0.15, -0.1) is 0 Å². The zero-order valence-corrected chi connectivity index (χ0v) is 12.2. The summed E-state index contributed by atoms with van der Waals surface area (Å²) in [6, 6.07) is 13.9. The summed E-state index contributed by atoms with van der Waals surface area (Å²) in [7, 11) is 0. The molecule has 0 fully saturated rings. The van der Waals surface area contributed by atoms with Crippen LogP contribution in [0.4, 0.5) is 11.4 Å². The molecule has 106 valence electrons. The summed E-state index contributed by atoms with van der Waals surface area (Å²) in [5.41, 5.74) is 2.25. The maximum Gasteiger partial charge on any atom is 0.255 e. The third-order valence-corrected chi connectivity index (χ3v) is 3.11. The van der Waals surface area contributed by atoms with E-state index in [1.165, 1.54) is 0 Å². The van der Waals surface area contributed by atoms with Crippen molar-refractivity contribution in [1.82, 2.24) is 0 Å². The summed E-state index contributed by atoms with van der Waals surface area (Å²) in [4.78, 5) is 12.2. The van der Waals surface area contributed by atoms with Crippen LogP contribution in [-0.2, 0) is 0 Å². The summed E-state index contributed by atoms with van der Waals surface area (Å²) in [5, 5.41) is 15.4. The van der Waals surface area contributed by atoms with Gasteiger partial charge in [-0.3, -0.25) is 4.79 Å². The minimum atomic E-state index is -0.281. The standard InChI is InChI=1S/C16H14ClN3O/c1-2-19-14-7-4-11(5-8-14)16(21)20-15-9-13(17)6-3-12(15)10-18/h3-9,19H,2H2,1H3,(H,20,21). The Kier molecular flexibility index (Phi) is 4.81. The van der Waals surface area contributed by atoms with Gasteiger partial charge in [0.25, 0.3) is 5.91 Å². The fourth-order valence-electron chi connectivity index (χ4n) is 1.86. The quantitative estimate of drug-likeness (QED) is 0.900. The number of amides is 1. The monoisotopic (exact) mass is 299 g/mol. The van der Waals surface area contributed by atoms with Crippen molar-refractivity contribution in [3.63, 3.8) is 0 Å². The van der Waals surface area contributed by atoms with Gasteiger partial charge in [0.15, 0.2) is 0 Å². The number of carbonyl (C=O) groups is 1. The lowest BCUT2D eigenvalue weighted by atomic mass is 10.1. The Labute approximate surface area is 128 Å². The molecular formula is C16H14ClN3O. The van der Waals surface area contributed by atoms with Crippen LogP contribution in [0, 0.1) is 11.3 Å². The van der Waals surface area contributed by atoms with E-state index in [4.69, 9.17) is 16.9 Å². The molecule has 0 aromatic heterocycles. The van der Waals surface area contributed by atoms with Crippen LogP contribution in [0.2, 0.25) is 5.02 Å². The van der Waals surface area contributed by atoms with Gasteiger partial charge in [0.05, 0.1) is 11.3 Å². The molecule has 0 aliphatic carbocycles. The topological polar surface area (TPSA) is 64.9 Å². The van der Waals surface area contributed by atoms with E-state index in [1.807, 2.05) is 25.1 Å². The summed E-state index contributed by atoms with van der Waals surface area (Å²) in [6.07, 6.45) is 0. The molecule has 0 saturated carbocycles. The predicted octanol–water partition coefficient (Wildman–Crippen LogP) is 3.90. The maximum atomic E-state index is 12.2. The van der Waals surface area contributed by atoms with Gasteiger partial charge in [-0.2, -0.15) is 5.26 Å². The Morgan fingerprint density at radius 3 is 2.57 bits per heavy atom. The van der Waals surface area contributed by atoms with E-state index in [1.54, 1.807) is 30.3 Å². The molecule has 0 atom stereocenters. The van der Waals surface area contributed by atoms with Gasteiger partial charge in [-0.25, -0.2) is 0 Å². The van der Waals surface area contributed by atoms with Crippen LogP contribution in [0.1, 0.15) is 22.8 Å². The Hall–Kier alpha value is -2.51. The third-order valence-electron chi connectivity index (χ3n) is 2.88. The highest BCUT2D eigenvalue weighted by Crippen LogP contribution is 2.21. The number of nitrogens with zero attached hydrogens (tertiary/aromatic N) is 1. The van der Waals surface area contributed by atoms with Crippen LogP contribution in [0.5, 0.6) is 0 Å². The molecule has 0 bridgehead atoms. The van der Waals surface area contributed by atoms with Crippen molar-refractivity contribution in [1.29, 1.82) is 5.26 Å². The van der Waals surface area contributed by atoms with Gasteiger partial charge in [-0.05, 0) is 49.4 Å².